The van der Waals surface area contributed by atoms with Gasteiger partial charge in [0.25, 0.3) is 0 Å². The van der Waals surface area contributed by atoms with Crippen molar-refractivity contribution in [2.75, 3.05) is 26.2 Å². The van der Waals surface area contributed by atoms with E-state index in [4.69, 9.17) is 23.2 Å². The molecule has 1 heterocycles. The van der Waals surface area contributed by atoms with E-state index in [1.165, 1.54) is 0 Å². The van der Waals surface area contributed by atoms with Gasteiger partial charge in [-0.15, -0.1) is 0 Å². The van der Waals surface area contributed by atoms with Crippen LogP contribution in [0.4, 0.5) is 0 Å². The van der Waals surface area contributed by atoms with Crippen LogP contribution in [0.1, 0.15) is 44.7 Å². The van der Waals surface area contributed by atoms with E-state index in [0.717, 1.165) is 44.6 Å². The molecule has 1 aromatic rings. The van der Waals surface area contributed by atoms with Crippen molar-refractivity contribution in [3.05, 3.63) is 33.8 Å². The largest absolute Gasteiger partial charge is 0.341 e. The molecule has 22 heavy (non-hydrogen) atoms. The van der Waals surface area contributed by atoms with E-state index in [2.05, 4.69) is 18.7 Å². The lowest BCUT2D eigenvalue weighted by molar-refractivity contribution is -0.127. The molecule has 0 spiro atoms. The first-order chi connectivity index (χ1) is 10.5. The van der Waals surface area contributed by atoms with Crippen LogP contribution < -0.4 is 0 Å². The van der Waals surface area contributed by atoms with Crippen LogP contribution in [0.2, 0.25) is 10.0 Å². The highest BCUT2D eigenvalue weighted by Gasteiger charge is 2.22. The monoisotopic (exact) mass is 342 g/mol. The van der Waals surface area contributed by atoms with Crippen molar-refractivity contribution < 1.29 is 4.79 Å². The molecule has 1 aliphatic heterocycles. The van der Waals surface area contributed by atoms with Gasteiger partial charge in [-0.1, -0.05) is 36.2 Å². The fourth-order valence-electron chi connectivity index (χ4n) is 2.96. The summed E-state index contributed by atoms with van der Waals surface area (Å²) < 4.78 is 0. The average Bonchev–Trinajstić information content (AvgIpc) is 2.91. The van der Waals surface area contributed by atoms with Crippen molar-refractivity contribution in [3.63, 3.8) is 0 Å². The molecule has 0 aliphatic carbocycles. The zero-order valence-electron chi connectivity index (χ0n) is 13.3. The molecule has 1 unspecified atom stereocenters. The maximum atomic E-state index is 11.7. The number of carbonyl (C=O) groups is 1. The summed E-state index contributed by atoms with van der Waals surface area (Å²) in [5.74, 6) is 0.290. The summed E-state index contributed by atoms with van der Waals surface area (Å²) in [4.78, 5) is 16.1. The number of hydrogen-bond acceptors (Lipinski definition) is 2. The first kappa shape index (κ1) is 17.6. The second kappa shape index (κ2) is 8.19. The smallest absolute Gasteiger partial charge is 0.222 e. The minimum atomic E-state index is 0.257. The van der Waals surface area contributed by atoms with E-state index >= 15 is 0 Å². The van der Waals surface area contributed by atoms with Gasteiger partial charge in [0.15, 0.2) is 0 Å². The van der Waals surface area contributed by atoms with Crippen LogP contribution in [0.5, 0.6) is 0 Å². The summed E-state index contributed by atoms with van der Waals surface area (Å²) in [6, 6.07) is 6.08. The van der Waals surface area contributed by atoms with Crippen LogP contribution >= 0.6 is 23.2 Å². The molecule has 1 fully saturated rings. The molecule has 1 saturated heterocycles. The Bertz CT molecular complexity index is 521. The molecule has 122 valence electrons. The SMILES string of the molecule is CCCN(CCN1CCCC1=O)C(C)c1ccc(Cl)c(Cl)c1. The van der Waals surface area contributed by atoms with E-state index in [0.29, 0.717) is 22.4 Å². The van der Waals surface area contributed by atoms with Crippen LogP contribution in [0.25, 0.3) is 0 Å². The molecule has 1 aliphatic rings. The normalized spacial score (nSPS) is 16.6. The van der Waals surface area contributed by atoms with Gasteiger partial charge >= 0.3 is 0 Å². The summed E-state index contributed by atoms with van der Waals surface area (Å²) in [5, 5.41) is 1.18. The van der Waals surface area contributed by atoms with Gasteiger partial charge in [-0.05, 0) is 44.0 Å². The first-order valence-corrected chi connectivity index (χ1v) is 8.75. The Balaban J connectivity index is 2.02. The number of nitrogens with zero attached hydrogens (tertiary/aromatic N) is 2. The zero-order chi connectivity index (χ0) is 16.1. The fourth-order valence-corrected chi connectivity index (χ4v) is 3.27. The van der Waals surface area contributed by atoms with Crippen molar-refractivity contribution in [1.29, 1.82) is 0 Å². The average molecular weight is 343 g/mol. The lowest BCUT2D eigenvalue weighted by Crippen LogP contribution is -2.37. The maximum absolute atomic E-state index is 11.7. The standard InChI is InChI=1S/C17H24Cl2N2O/c1-3-8-20(10-11-21-9-4-5-17(21)22)13(2)14-6-7-15(18)16(19)12-14/h6-7,12-13H,3-5,8-11H2,1-2H3. The van der Waals surface area contributed by atoms with Crippen LogP contribution in [0, 0.1) is 0 Å². The molecule has 0 N–H and O–H groups in total. The second-order valence-corrected chi connectivity index (χ2v) is 6.68. The summed E-state index contributed by atoms with van der Waals surface area (Å²) in [6.45, 7) is 7.96. The molecule has 1 aromatic carbocycles. The summed E-state index contributed by atoms with van der Waals surface area (Å²) in [7, 11) is 0. The number of carbonyl (C=O) groups excluding carboxylic acids is 1. The minimum absolute atomic E-state index is 0.257. The van der Waals surface area contributed by atoms with Crippen molar-refractivity contribution in [2.45, 2.75) is 39.2 Å². The first-order valence-electron chi connectivity index (χ1n) is 7.99. The molecule has 0 radical (unpaired) electrons. The van der Waals surface area contributed by atoms with Crippen molar-refractivity contribution in [1.82, 2.24) is 9.80 Å². The number of amides is 1. The topological polar surface area (TPSA) is 23.6 Å². The Kier molecular flexibility index (Phi) is 6.54. The molecule has 0 saturated carbocycles. The van der Waals surface area contributed by atoms with E-state index in [1.54, 1.807) is 0 Å². The third kappa shape index (κ3) is 4.37. The number of likely N-dealkylation sites (tertiary alicyclic amines) is 1. The Morgan fingerprint density at radius 1 is 1.27 bits per heavy atom. The van der Waals surface area contributed by atoms with Gasteiger partial charge in [-0.2, -0.15) is 0 Å². The molecule has 2 rings (SSSR count). The van der Waals surface area contributed by atoms with Gasteiger partial charge < -0.3 is 4.90 Å². The van der Waals surface area contributed by atoms with Crippen molar-refractivity contribution >= 4 is 29.1 Å². The highest BCUT2D eigenvalue weighted by atomic mass is 35.5. The van der Waals surface area contributed by atoms with Crippen molar-refractivity contribution in [2.24, 2.45) is 0 Å². The van der Waals surface area contributed by atoms with E-state index in [1.807, 2.05) is 23.1 Å². The van der Waals surface area contributed by atoms with Gasteiger partial charge in [0.2, 0.25) is 5.91 Å². The lowest BCUT2D eigenvalue weighted by Gasteiger charge is -2.31. The van der Waals surface area contributed by atoms with E-state index in [9.17, 15) is 4.79 Å². The molecule has 1 amide bonds. The van der Waals surface area contributed by atoms with Crippen LogP contribution in [0.15, 0.2) is 18.2 Å². The quantitative estimate of drug-likeness (QED) is 0.733. The van der Waals surface area contributed by atoms with E-state index < -0.39 is 0 Å². The van der Waals surface area contributed by atoms with Crippen LogP contribution in [0.3, 0.4) is 0 Å². The molecular formula is C17H24Cl2N2O. The van der Waals surface area contributed by atoms with Crippen LogP contribution in [-0.2, 0) is 4.79 Å². The Labute approximate surface area is 143 Å². The Morgan fingerprint density at radius 2 is 2.05 bits per heavy atom. The number of rotatable bonds is 7. The third-order valence-corrected chi connectivity index (χ3v) is 5.05. The number of benzene rings is 1. The summed E-state index contributed by atoms with van der Waals surface area (Å²) >= 11 is 12.1. The molecular weight excluding hydrogens is 319 g/mol. The number of hydrogen-bond donors (Lipinski definition) is 0. The van der Waals surface area contributed by atoms with Gasteiger partial charge in [0, 0.05) is 32.1 Å². The minimum Gasteiger partial charge on any atom is -0.341 e. The Hall–Kier alpha value is -0.770. The van der Waals surface area contributed by atoms with Gasteiger partial charge in [-0.25, -0.2) is 0 Å². The fraction of sp³-hybridized carbons (Fsp3) is 0.588. The highest BCUT2D eigenvalue weighted by Crippen LogP contribution is 2.28. The molecule has 3 nitrogen and oxygen atoms in total. The lowest BCUT2D eigenvalue weighted by atomic mass is 10.1. The van der Waals surface area contributed by atoms with Gasteiger partial charge in [0.05, 0.1) is 10.0 Å². The number of halogens is 2. The molecule has 0 bridgehead atoms. The summed E-state index contributed by atoms with van der Waals surface area (Å²) in [5.41, 5.74) is 1.16. The maximum Gasteiger partial charge on any atom is 0.222 e. The van der Waals surface area contributed by atoms with Crippen molar-refractivity contribution in [3.8, 4) is 0 Å². The van der Waals surface area contributed by atoms with Gasteiger partial charge in [0.1, 0.15) is 0 Å². The van der Waals surface area contributed by atoms with Gasteiger partial charge in [-0.3, -0.25) is 9.69 Å². The summed E-state index contributed by atoms with van der Waals surface area (Å²) in [6.07, 6.45) is 2.78. The van der Waals surface area contributed by atoms with Crippen LogP contribution in [-0.4, -0.2) is 41.9 Å². The second-order valence-electron chi connectivity index (χ2n) is 5.87. The zero-order valence-corrected chi connectivity index (χ0v) is 14.8. The van der Waals surface area contributed by atoms with E-state index in [-0.39, 0.29) is 6.04 Å². The molecule has 5 heteroatoms. The molecule has 0 aromatic heterocycles. The predicted octanol–water partition coefficient (Wildman–Crippen LogP) is 4.39. The molecule has 1 atom stereocenters. The predicted molar refractivity (Wildman–Crippen MR) is 92.6 cm³/mol. The Morgan fingerprint density at radius 3 is 2.64 bits per heavy atom. The third-order valence-electron chi connectivity index (χ3n) is 4.31. The highest BCUT2D eigenvalue weighted by molar-refractivity contribution is 6.42.